The first-order valence-corrected chi connectivity index (χ1v) is 8.07. The summed E-state index contributed by atoms with van der Waals surface area (Å²) in [5, 5.41) is 0. The summed E-state index contributed by atoms with van der Waals surface area (Å²) in [7, 11) is 4.68. The number of hydrogen-bond donors (Lipinski definition) is 0. The van der Waals surface area contributed by atoms with Gasteiger partial charge in [0.25, 0.3) is 0 Å². The largest absolute Gasteiger partial charge is 0.367 e. The molecule has 2 heteroatoms. The Morgan fingerprint density at radius 2 is 1.39 bits per heavy atom. The molecule has 0 N–H and O–H groups in total. The van der Waals surface area contributed by atoms with Crippen molar-refractivity contribution in [3.8, 4) is 0 Å². The highest BCUT2D eigenvalue weighted by atomic mass is 16.6. The van der Waals surface area contributed by atoms with E-state index in [1.807, 2.05) is 0 Å². The maximum Gasteiger partial charge on any atom is 0.130 e. The monoisotopic (exact) mass is 256 g/mol. The van der Waals surface area contributed by atoms with Crippen molar-refractivity contribution >= 4 is 0 Å². The molecule has 1 unspecified atom stereocenters. The predicted octanol–water partition coefficient (Wildman–Crippen LogP) is 3.99. The van der Waals surface area contributed by atoms with E-state index in [0.717, 1.165) is 11.1 Å². The minimum absolute atomic E-state index is 0.568. The molecule has 108 valence electrons. The lowest BCUT2D eigenvalue weighted by molar-refractivity contribution is -0.891. The van der Waals surface area contributed by atoms with Crippen molar-refractivity contribution in [2.45, 2.75) is 70.8 Å². The maximum absolute atomic E-state index is 5.32. The minimum Gasteiger partial charge on any atom is -0.367 e. The van der Waals surface area contributed by atoms with Gasteiger partial charge in [-0.05, 0) is 12.8 Å². The van der Waals surface area contributed by atoms with Gasteiger partial charge in [-0.3, -0.25) is 0 Å². The SMILES string of the molecule is CCCCCCCCCCC[N+](C)(C)CC1CO1. The van der Waals surface area contributed by atoms with Crippen LogP contribution >= 0.6 is 0 Å². The lowest BCUT2D eigenvalue weighted by atomic mass is 10.1. The molecule has 0 aliphatic carbocycles. The van der Waals surface area contributed by atoms with Gasteiger partial charge in [0, 0.05) is 0 Å². The van der Waals surface area contributed by atoms with E-state index in [9.17, 15) is 0 Å². The average Bonchev–Trinajstić information content (AvgIpc) is 3.10. The zero-order valence-electron chi connectivity index (χ0n) is 12.9. The van der Waals surface area contributed by atoms with Crippen molar-refractivity contribution in [3.63, 3.8) is 0 Å². The lowest BCUT2D eigenvalue weighted by Crippen LogP contribution is -2.43. The van der Waals surface area contributed by atoms with Crippen LogP contribution < -0.4 is 0 Å². The maximum atomic E-state index is 5.32. The van der Waals surface area contributed by atoms with Gasteiger partial charge in [0.15, 0.2) is 0 Å². The standard InChI is InChI=1S/C16H34NO/c1-4-5-6-7-8-9-10-11-12-13-17(2,3)14-16-15-18-16/h16H,4-15H2,1-3H3/q+1. The molecule has 18 heavy (non-hydrogen) atoms. The van der Waals surface area contributed by atoms with Crippen molar-refractivity contribution in [1.29, 1.82) is 0 Å². The zero-order chi connectivity index (χ0) is 13.3. The second kappa shape index (κ2) is 8.92. The summed E-state index contributed by atoms with van der Waals surface area (Å²) in [4.78, 5) is 0. The van der Waals surface area contributed by atoms with E-state index in [2.05, 4.69) is 21.0 Å². The highest BCUT2D eigenvalue weighted by molar-refractivity contribution is 4.67. The Labute approximate surface area is 114 Å². The number of unbranched alkanes of at least 4 members (excludes halogenated alkanes) is 8. The molecule has 0 bridgehead atoms. The summed E-state index contributed by atoms with van der Waals surface area (Å²) in [6.07, 6.45) is 13.4. The first kappa shape index (κ1) is 16.0. The molecule has 0 radical (unpaired) electrons. The molecule has 0 aromatic carbocycles. The fourth-order valence-electron chi connectivity index (χ4n) is 2.67. The summed E-state index contributed by atoms with van der Waals surface area (Å²) in [6.45, 7) is 5.80. The second-order valence-corrected chi connectivity index (χ2v) is 6.63. The number of epoxide rings is 1. The second-order valence-electron chi connectivity index (χ2n) is 6.63. The molecular formula is C16H34NO+. The molecular weight excluding hydrogens is 222 g/mol. The number of quaternary nitrogens is 1. The number of hydrogen-bond acceptors (Lipinski definition) is 1. The topological polar surface area (TPSA) is 12.5 Å². The van der Waals surface area contributed by atoms with Crippen LogP contribution in [0.25, 0.3) is 0 Å². The van der Waals surface area contributed by atoms with Gasteiger partial charge in [0.1, 0.15) is 12.6 Å². The molecule has 0 amide bonds. The summed E-state index contributed by atoms with van der Waals surface area (Å²) < 4.78 is 6.46. The number of nitrogens with zero attached hydrogens (tertiary/aromatic N) is 1. The third-order valence-corrected chi connectivity index (χ3v) is 3.97. The molecule has 0 saturated carbocycles. The number of ether oxygens (including phenoxy) is 1. The summed E-state index contributed by atoms with van der Waals surface area (Å²) in [5.41, 5.74) is 0. The van der Waals surface area contributed by atoms with E-state index in [-0.39, 0.29) is 0 Å². The van der Waals surface area contributed by atoms with Crippen LogP contribution in [0.2, 0.25) is 0 Å². The van der Waals surface area contributed by atoms with E-state index in [4.69, 9.17) is 4.74 Å². The lowest BCUT2D eigenvalue weighted by Gasteiger charge is -2.29. The summed E-state index contributed by atoms with van der Waals surface area (Å²) >= 11 is 0. The fourth-order valence-corrected chi connectivity index (χ4v) is 2.67. The Bertz CT molecular complexity index is 199. The first-order chi connectivity index (χ1) is 8.64. The van der Waals surface area contributed by atoms with Crippen molar-refractivity contribution in [2.75, 3.05) is 33.8 Å². The molecule has 0 aromatic rings. The van der Waals surface area contributed by atoms with Crippen LogP contribution in [0, 0.1) is 0 Å². The Balaban J connectivity index is 1.82. The molecule has 1 fully saturated rings. The molecule has 1 aliphatic rings. The van der Waals surface area contributed by atoms with E-state index in [1.165, 1.54) is 70.9 Å². The van der Waals surface area contributed by atoms with E-state index in [0.29, 0.717) is 6.10 Å². The highest BCUT2D eigenvalue weighted by Crippen LogP contribution is 2.15. The zero-order valence-corrected chi connectivity index (χ0v) is 12.9. The Hall–Kier alpha value is -0.0800. The molecule has 1 aliphatic heterocycles. The van der Waals surface area contributed by atoms with Crippen molar-refractivity contribution in [2.24, 2.45) is 0 Å². The van der Waals surface area contributed by atoms with Gasteiger partial charge in [0.05, 0.1) is 27.2 Å². The van der Waals surface area contributed by atoms with Crippen LogP contribution in [0.4, 0.5) is 0 Å². The van der Waals surface area contributed by atoms with Crippen LogP contribution in [0.15, 0.2) is 0 Å². The van der Waals surface area contributed by atoms with Crippen molar-refractivity contribution < 1.29 is 9.22 Å². The third kappa shape index (κ3) is 8.93. The van der Waals surface area contributed by atoms with Gasteiger partial charge in [0.2, 0.25) is 0 Å². The van der Waals surface area contributed by atoms with Crippen LogP contribution in [-0.4, -0.2) is 44.4 Å². The van der Waals surface area contributed by atoms with Gasteiger partial charge >= 0.3 is 0 Å². The van der Waals surface area contributed by atoms with Crippen LogP contribution in [0.1, 0.15) is 64.7 Å². The van der Waals surface area contributed by atoms with Gasteiger partial charge in [-0.25, -0.2) is 0 Å². The molecule has 2 nitrogen and oxygen atoms in total. The Kier molecular flexibility index (Phi) is 7.92. The molecule has 1 atom stereocenters. The van der Waals surface area contributed by atoms with E-state index in [1.54, 1.807) is 0 Å². The van der Waals surface area contributed by atoms with Gasteiger partial charge in [-0.15, -0.1) is 0 Å². The van der Waals surface area contributed by atoms with Gasteiger partial charge in [-0.2, -0.15) is 0 Å². The molecule has 1 heterocycles. The van der Waals surface area contributed by atoms with Crippen molar-refractivity contribution in [3.05, 3.63) is 0 Å². The normalized spacial score (nSPS) is 19.2. The molecule has 0 aromatic heterocycles. The highest BCUT2D eigenvalue weighted by Gasteiger charge is 2.30. The fraction of sp³-hybridized carbons (Fsp3) is 1.00. The number of rotatable bonds is 12. The van der Waals surface area contributed by atoms with Crippen LogP contribution in [0.3, 0.4) is 0 Å². The molecule has 0 spiro atoms. The van der Waals surface area contributed by atoms with Gasteiger partial charge in [-0.1, -0.05) is 51.9 Å². The smallest absolute Gasteiger partial charge is 0.130 e. The molecule has 1 rings (SSSR count). The van der Waals surface area contributed by atoms with Crippen LogP contribution in [-0.2, 0) is 4.74 Å². The third-order valence-electron chi connectivity index (χ3n) is 3.97. The first-order valence-electron chi connectivity index (χ1n) is 8.07. The van der Waals surface area contributed by atoms with E-state index < -0.39 is 0 Å². The Morgan fingerprint density at radius 3 is 1.89 bits per heavy atom. The number of likely N-dealkylation sites (N-methyl/N-ethyl adjacent to an activating group) is 1. The predicted molar refractivity (Wildman–Crippen MR) is 78.8 cm³/mol. The van der Waals surface area contributed by atoms with Crippen molar-refractivity contribution in [1.82, 2.24) is 0 Å². The van der Waals surface area contributed by atoms with Gasteiger partial charge < -0.3 is 9.22 Å². The van der Waals surface area contributed by atoms with E-state index >= 15 is 0 Å². The molecule has 1 saturated heterocycles. The Morgan fingerprint density at radius 1 is 0.889 bits per heavy atom. The minimum atomic E-state index is 0.568. The quantitative estimate of drug-likeness (QED) is 0.292. The van der Waals surface area contributed by atoms with Crippen LogP contribution in [0.5, 0.6) is 0 Å². The summed E-state index contributed by atoms with van der Waals surface area (Å²) in [6, 6.07) is 0. The summed E-state index contributed by atoms with van der Waals surface area (Å²) in [5.74, 6) is 0. The average molecular weight is 256 g/mol.